The van der Waals surface area contributed by atoms with Gasteiger partial charge in [0.15, 0.2) is 11.6 Å². The van der Waals surface area contributed by atoms with Crippen LogP contribution in [-0.4, -0.2) is 58.8 Å². The molecule has 31 heavy (non-hydrogen) atoms. The van der Waals surface area contributed by atoms with E-state index in [1.807, 2.05) is 24.2 Å². The molecule has 9 heteroatoms. The molecule has 8 nitrogen and oxygen atoms in total. The predicted molar refractivity (Wildman–Crippen MR) is 114 cm³/mol. The zero-order chi connectivity index (χ0) is 21.4. The van der Waals surface area contributed by atoms with Gasteiger partial charge in [-0.2, -0.15) is 4.39 Å². The standard InChI is InChI=1S/C22H24FN7O/c1-29(8-9-31-2)15-10-18(23)27-19(11-15)30-13-14-4-5-17(30)16-12-26-22(28-20(14)16)21-24-6-3-7-25-21/h3,6-7,10-12,14,17H,4-5,8-9,13H2,1-2H3/t14-,17-/m0/s1. The third kappa shape index (κ3) is 3.69. The topological polar surface area (TPSA) is 80.2 Å². The van der Waals surface area contributed by atoms with Gasteiger partial charge in [0.05, 0.1) is 18.3 Å². The first-order chi connectivity index (χ1) is 15.1. The van der Waals surface area contributed by atoms with E-state index in [4.69, 9.17) is 9.72 Å². The summed E-state index contributed by atoms with van der Waals surface area (Å²) in [7, 11) is 3.59. The molecule has 2 bridgehead atoms. The minimum atomic E-state index is -0.480. The van der Waals surface area contributed by atoms with Crippen molar-refractivity contribution in [2.45, 2.75) is 24.8 Å². The maximum atomic E-state index is 14.4. The molecule has 160 valence electrons. The van der Waals surface area contributed by atoms with Gasteiger partial charge in [0.25, 0.3) is 0 Å². The third-order valence-corrected chi connectivity index (χ3v) is 6.07. The first kappa shape index (κ1) is 19.7. The third-order valence-electron chi connectivity index (χ3n) is 6.07. The molecule has 6 rings (SSSR count). The van der Waals surface area contributed by atoms with Crippen molar-refractivity contribution < 1.29 is 9.13 Å². The van der Waals surface area contributed by atoms with Crippen LogP contribution in [0.4, 0.5) is 15.9 Å². The average Bonchev–Trinajstić information content (AvgIpc) is 2.82. The number of nitrogens with zero attached hydrogens (tertiary/aromatic N) is 7. The van der Waals surface area contributed by atoms with Crippen LogP contribution in [0, 0.1) is 5.95 Å². The van der Waals surface area contributed by atoms with Gasteiger partial charge in [-0.05, 0) is 18.9 Å². The van der Waals surface area contributed by atoms with Crippen molar-refractivity contribution >= 4 is 11.5 Å². The Hall–Kier alpha value is -3.20. The Labute approximate surface area is 180 Å². The Morgan fingerprint density at radius 3 is 2.77 bits per heavy atom. The van der Waals surface area contributed by atoms with Crippen molar-refractivity contribution in [2.24, 2.45) is 0 Å². The van der Waals surface area contributed by atoms with Crippen LogP contribution in [0.1, 0.15) is 36.1 Å². The van der Waals surface area contributed by atoms with E-state index in [1.165, 1.54) is 6.07 Å². The molecule has 3 aromatic rings. The molecule has 0 aromatic carbocycles. The Morgan fingerprint density at radius 1 is 1.13 bits per heavy atom. The molecule has 5 heterocycles. The van der Waals surface area contributed by atoms with E-state index in [2.05, 4.69) is 24.8 Å². The maximum Gasteiger partial charge on any atom is 0.216 e. The van der Waals surface area contributed by atoms with E-state index in [9.17, 15) is 4.39 Å². The maximum absolute atomic E-state index is 14.4. The second kappa shape index (κ2) is 8.14. The second-order valence-corrected chi connectivity index (χ2v) is 7.97. The summed E-state index contributed by atoms with van der Waals surface area (Å²) < 4.78 is 19.6. The molecular weight excluding hydrogens is 397 g/mol. The number of anilines is 2. The number of rotatable bonds is 6. The number of hydrogen-bond donors (Lipinski definition) is 0. The number of halogens is 1. The first-order valence-corrected chi connectivity index (χ1v) is 10.4. The number of likely N-dealkylation sites (N-methyl/N-ethyl adjacent to an activating group) is 1. The average molecular weight is 421 g/mol. The fraction of sp³-hybridized carbons (Fsp3) is 0.409. The Balaban J connectivity index is 1.46. The van der Waals surface area contributed by atoms with Gasteiger partial charge in [-0.3, -0.25) is 0 Å². The summed E-state index contributed by atoms with van der Waals surface area (Å²) in [6.07, 6.45) is 7.26. The van der Waals surface area contributed by atoms with Crippen LogP contribution in [0.2, 0.25) is 0 Å². The fourth-order valence-corrected chi connectivity index (χ4v) is 4.48. The normalized spacial score (nSPS) is 19.4. The highest BCUT2D eigenvalue weighted by Crippen LogP contribution is 2.47. The zero-order valence-electron chi connectivity index (χ0n) is 17.6. The Morgan fingerprint density at radius 2 is 1.97 bits per heavy atom. The summed E-state index contributed by atoms with van der Waals surface area (Å²) >= 11 is 0. The number of pyridine rings is 1. The van der Waals surface area contributed by atoms with Crippen LogP contribution in [0.3, 0.4) is 0 Å². The van der Waals surface area contributed by atoms with E-state index in [0.717, 1.165) is 36.3 Å². The molecule has 0 amide bonds. The number of fused-ring (bicyclic) bond motifs is 2. The summed E-state index contributed by atoms with van der Waals surface area (Å²) in [5, 5.41) is 0. The van der Waals surface area contributed by atoms with E-state index < -0.39 is 5.95 Å². The lowest BCUT2D eigenvalue weighted by Gasteiger charge is -2.46. The van der Waals surface area contributed by atoms with Crippen LogP contribution in [-0.2, 0) is 4.74 Å². The van der Waals surface area contributed by atoms with Crippen LogP contribution >= 0.6 is 0 Å². The highest BCUT2D eigenvalue weighted by molar-refractivity contribution is 5.58. The van der Waals surface area contributed by atoms with Gasteiger partial charge in [0.1, 0.15) is 5.82 Å². The molecule has 2 aliphatic heterocycles. The predicted octanol–water partition coefficient (Wildman–Crippen LogP) is 2.99. The number of hydrogen-bond acceptors (Lipinski definition) is 8. The highest BCUT2D eigenvalue weighted by Gasteiger charge is 2.40. The van der Waals surface area contributed by atoms with Crippen LogP contribution in [0.15, 0.2) is 36.8 Å². The van der Waals surface area contributed by atoms with Gasteiger partial charge in [0.2, 0.25) is 5.95 Å². The molecule has 0 N–H and O–H groups in total. The Bertz CT molecular complexity index is 1080. The quantitative estimate of drug-likeness (QED) is 0.562. The summed E-state index contributed by atoms with van der Waals surface area (Å²) in [6, 6.07) is 5.27. The lowest BCUT2D eigenvalue weighted by molar-refractivity contribution is 0.206. The second-order valence-electron chi connectivity index (χ2n) is 7.97. The summed E-state index contributed by atoms with van der Waals surface area (Å²) in [6.45, 7) is 2.00. The lowest BCUT2D eigenvalue weighted by atomic mass is 9.78. The lowest BCUT2D eigenvalue weighted by Crippen LogP contribution is -2.43. The minimum Gasteiger partial charge on any atom is -0.383 e. The highest BCUT2D eigenvalue weighted by atomic mass is 19.1. The molecule has 0 radical (unpaired) electrons. The smallest absolute Gasteiger partial charge is 0.216 e. The molecule has 3 aliphatic rings. The largest absolute Gasteiger partial charge is 0.383 e. The zero-order valence-corrected chi connectivity index (χ0v) is 17.6. The van der Waals surface area contributed by atoms with Crippen molar-refractivity contribution in [3.8, 4) is 11.6 Å². The molecule has 2 atom stereocenters. The fourth-order valence-electron chi connectivity index (χ4n) is 4.48. The molecule has 0 unspecified atom stereocenters. The monoisotopic (exact) mass is 421 g/mol. The SMILES string of the molecule is COCCN(C)c1cc(F)nc(N2C[C@@H]3CC[C@H]2c2cnc(-c4ncccn4)nc23)c1. The van der Waals surface area contributed by atoms with Crippen molar-refractivity contribution in [2.75, 3.05) is 43.7 Å². The van der Waals surface area contributed by atoms with Gasteiger partial charge >= 0.3 is 0 Å². The van der Waals surface area contributed by atoms with Gasteiger partial charge < -0.3 is 14.5 Å². The number of ether oxygens (including phenoxy) is 1. The van der Waals surface area contributed by atoms with E-state index in [1.54, 1.807) is 25.6 Å². The molecule has 1 fully saturated rings. The van der Waals surface area contributed by atoms with Gasteiger partial charge in [-0.25, -0.2) is 24.9 Å². The van der Waals surface area contributed by atoms with E-state index in [-0.39, 0.29) is 12.0 Å². The molecule has 1 aliphatic carbocycles. The summed E-state index contributed by atoms with van der Waals surface area (Å²) in [5.41, 5.74) is 2.93. The van der Waals surface area contributed by atoms with Crippen molar-refractivity contribution in [1.29, 1.82) is 0 Å². The summed E-state index contributed by atoms with van der Waals surface area (Å²) in [5.74, 6) is 1.48. The van der Waals surface area contributed by atoms with Crippen molar-refractivity contribution in [1.82, 2.24) is 24.9 Å². The van der Waals surface area contributed by atoms with Gasteiger partial charge in [-0.15, -0.1) is 0 Å². The Kier molecular flexibility index (Phi) is 5.19. The van der Waals surface area contributed by atoms with Crippen LogP contribution < -0.4 is 9.80 Å². The molecular formula is C22H24FN7O. The first-order valence-electron chi connectivity index (χ1n) is 10.4. The molecule has 0 spiro atoms. The van der Waals surface area contributed by atoms with Crippen LogP contribution in [0.5, 0.6) is 0 Å². The van der Waals surface area contributed by atoms with Crippen LogP contribution in [0.25, 0.3) is 11.6 Å². The van der Waals surface area contributed by atoms with Crippen molar-refractivity contribution in [3.05, 3.63) is 54.0 Å². The summed E-state index contributed by atoms with van der Waals surface area (Å²) in [4.78, 5) is 26.3. The number of piperidine rings is 1. The molecule has 3 aromatic heterocycles. The van der Waals surface area contributed by atoms with E-state index in [0.29, 0.717) is 30.6 Å². The van der Waals surface area contributed by atoms with Gasteiger partial charge in [-0.1, -0.05) is 0 Å². The van der Waals surface area contributed by atoms with Gasteiger partial charge in [0, 0.05) is 75.1 Å². The molecule has 1 saturated heterocycles. The van der Waals surface area contributed by atoms with E-state index >= 15 is 0 Å². The number of aromatic nitrogens is 5. The minimum absolute atomic E-state index is 0.0807. The number of methoxy groups -OCH3 is 1. The van der Waals surface area contributed by atoms with Crippen molar-refractivity contribution in [3.63, 3.8) is 0 Å². The molecule has 0 saturated carbocycles.